The molecule has 0 aromatic carbocycles. The van der Waals surface area contributed by atoms with Crippen molar-refractivity contribution in [3.63, 3.8) is 0 Å². The number of nitrogens with zero attached hydrogens (tertiary/aromatic N) is 1. The molecule has 0 spiro atoms. The van der Waals surface area contributed by atoms with Gasteiger partial charge in [-0.05, 0) is 38.4 Å². The Labute approximate surface area is 91.9 Å². The Morgan fingerprint density at radius 3 is 2.15 bits per heavy atom. The van der Waals surface area contributed by atoms with Gasteiger partial charge in [-0.2, -0.15) is 0 Å². The molecule has 0 aliphatic carbocycles. The van der Waals surface area contributed by atoms with Crippen LogP contribution in [0.5, 0.6) is 0 Å². The average Bonchev–Trinajstić information content (AvgIpc) is 2.07. The molecule has 2 nitrogen and oxygen atoms in total. The molecule has 1 aliphatic rings. The van der Waals surface area contributed by atoms with Gasteiger partial charge in [0.25, 0.3) is 0 Å². The van der Waals surface area contributed by atoms with Crippen LogP contribution in [0.25, 0.3) is 0 Å². The first-order valence-corrected chi connectivity index (χ1v) is 4.35. The van der Waals surface area contributed by atoms with Crippen molar-refractivity contribution in [3.05, 3.63) is 0 Å². The minimum atomic E-state index is -0.215. The zero-order valence-electron chi connectivity index (χ0n) is 7.75. The number of piperidine rings is 1. The van der Waals surface area contributed by atoms with Crippen molar-refractivity contribution in [2.75, 3.05) is 32.9 Å². The van der Waals surface area contributed by atoms with Gasteiger partial charge < -0.3 is 10.6 Å². The molecule has 1 fully saturated rings. The molecule has 0 saturated carbocycles. The highest BCUT2D eigenvalue weighted by atomic mass is 35.5. The van der Waals surface area contributed by atoms with Gasteiger partial charge in [-0.15, -0.1) is 24.8 Å². The molecule has 1 saturated heterocycles. The fourth-order valence-corrected chi connectivity index (χ4v) is 1.57. The van der Waals surface area contributed by atoms with Crippen LogP contribution >= 0.6 is 24.8 Å². The molecule has 0 radical (unpaired) electrons. The Hall–Kier alpha value is 0.430. The summed E-state index contributed by atoms with van der Waals surface area (Å²) in [5.41, 5.74) is 5.53. The predicted octanol–water partition coefficient (Wildman–Crippen LogP) is 1.47. The number of alkyl halides is 1. The second-order valence-electron chi connectivity index (χ2n) is 3.21. The molecule has 0 bridgehead atoms. The smallest absolute Gasteiger partial charge is 0.102 e. The monoisotopic (exact) mass is 232 g/mol. The molecule has 82 valence electrons. The van der Waals surface area contributed by atoms with Crippen LogP contribution in [0.3, 0.4) is 0 Å². The van der Waals surface area contributed by atoms with Crippen LogP contribution in [0.4, 0.5) is 4.39 Å². The van der Waals surface area contributed by atoms with E-state index in [-0.39, 0.29) is 31.5 Å². The fraction of sp³-hybridized carbons (Fsp3) is 1.00. The Morgan fingerprint density at radius 2 is 1.77 bits per heavy atom. The maximum absolute atomic E-state index is 11.9. The minimum absolute atomic E-state index is 0. The number of nitrogens with two attached hydrogens (primary N) is 1. The average molecular weight is 233 g/mol. The van der Waals surface area contributed by atoms with E-state index in [4.69, 9.17) is 5.73 Å². The molecular weight excluding hydrogens is 214 g/mol. The van der Waals surface area contributed by atoms with Gasteiger partial charge in [0.2, 0.25) is 0 Å². The maximum Gasteiger partial charge on any atom is 0.102 e. The second-order valence-corrected chi connectivity index (χ2v) is 3.21. The van der Waals surface area contributed by atoms with Gasteiger partial charge in [-0.25, -0.2) is 4.39 Å². The van der Waals surface area contributed by atoms with E-state index >= 15 is 0 Å². The predicted molar refractivity (Wildman–Crippen MR) is 58.7 cm³/mol. The molecule has 0 aromatic heterocycles. The molecule has 13 heavy (non-hydrogen) atoms. The summed E-state index contributed by atoms with van der Waals surface area (Å²) < 4.78 is 11.9. The summed E-state index contributed by atoms with van der Waals surface area (Å²) in [6, 6.07) is 0. The summed E-state index contributed by atoms with van der Waals surface area (Å²) in [5, 5.41) is 0. The quantitative estimate of drug-likeness (QED) is 0.799. The summed E-state index contributed by atoms with van der Waals surface area (Å²) >= 11 is 0. The van der Waals surface area contributed by atoms with Crippen molar-refractivity contribution in [1.82, 2.24) is 4.90 Å². The number of hydrogen-bond acceptors (Lipinski definition) is 2. The van der Waals surface area contributed by atoms with E-state index in [1.54, 1.807) is 0 Å². The van der Waals surface area contributed by atoms with Gasteiger partial charge in [0.05, 0.1) is 0 Å². The highest BCUT2D eigenvalue weighted by Gasteiger charge is 2.16. The minimum Gasteiger partial charge on any atom is -0.330 e. The molecule has 0 unspecified atom stereocenters. The molecule has 2 N–H and O–H groups in total. The number of likely N-dealkylation sites (tertiary alicyclic amines) is 1. The number of hydrogen-bond donors (Lipinski definition) is 1. The molecule has 0 amide bonds. The Balaban J connectivity index is 0. The summed E-state index contributed by atoms with van der Waals surface area (Å²) in [4.78, 5) is 2.17. The highest BCUT2D eigenvalue weighted by Crippen LogP contribution is 2.14. The van der Waals surface area contributed by atoms with Crippen LogP contribution < -0.4 is 5.73 Å². The summed E-state index contributed by atoms with van der Waals surface area (Å²) in [5.74, 6) is 0.686. The first-order chi connectivity index (χ1) is 5.36. The standard InChI is InChI=1S/C8H17FN2.2ClH/c9-3-6-11-4-1-8(7-10)2-5-11;;/h8H,1-7,10H2;2*1H. The zero-order valence-corrected chi connectivity index (χ0v) is 9.38. The van der Waals surface area contributed by atoms with E-state index in [0.29, 0.717) is 12.5 Å². The summed E-state index contributed by atoms with van der Waals surface area (Å²) in [6.45, 7) is 3.26. The number of halogens is 3. The van der Waals surface area contributed by atoms with Crippen LogP contribution in [0.1, 0.15) is 12.8 Å². The lowest BCUT2D eigenvalue weighted by molar-refractivity contribution is 0.175. The first-order valence-electron chi connectivity index (χ1n) is 4.35. The van der Waals surface area contributed by atoms with Crippen molar-refractivity contribution in [2.45, 2.75) is 12.8 Å². The van der Waals surface area contributed by atoms with Crippen molar-refractivity contribution in [3.8, 4) is 0 Å². The molecule has 0 aromatic rings. The summed E-state index contributed by atoms with van der Waals surface area (Å²) in [6.07, 6.45) is 2.30. The SMILES string of the molecule is Cl.Cl.NCC1CCN(CCF)CC1. The molecular formula is C8H19Cl2FN2. The van der Waals surface area contributed by atoms with Crippen LogP contribution in [-0.4, -0.2) is 37.8 Å². The van der Waals surface area contributed by atoms with Gasteiger partial charge in [0.1, 0.15) is 6.67 Å². The van der Waals surface area contributed by atoms with E-state index in [1.807, 2.05) is 0 Å². The fourth-order valence-electron chi connectivity index (χ4n) is 1.57. The molecule has 0 atom stereocenters. The third-order valence-electron chi connectivity index (χ3n) is 2.44. The first kappa shape index (κ1) is 15.9. The van der Waals surface area contributed by atoms with Gasteiger partial charge in [-0.3, -0.25) is 0 Å². The van der Waals surface area contributed by atoms with E-state index in [0.717, 1.165) is 32.5 Å². The highest BCUT2D eigenvalue weighted by molar-refractivity contribution is 5.85. The van der Waals surface area contributed by atoms with E-state index < -0.39 is 0 Å². The molecule has 1 heterocycles. The third kappa shape index (κ3) is 5.68. The molecule has 1 aliphatic heterocycles. The normalized spacial score (nSPS) is 18.9. The van der Waals surface area contributed by atoms with Gasteiger partial charge >= 0.3 is 0 Å². The topological polar surface area (TPSA) is 29.3 Å². The van der Waals surface area contributed by atoms with Crippen LogP contribution in [0.15, 0.2) is 0 Å². The lowest BCUT2D eigenvalue weighted by atomic mass is 9.97. The zero-order chi connectivity index (χ0) is 8.10. The maximum atomic E-state index is 11.9. The van der Waals surface area contributed by atoms with Crippen LogP contribution in [-0.2, 0) is 0 Å². The van der Waals surface area contributed by atoms with Crippen molar-refractivity contribution >= 4 is 24.8 Å². The van der Waals surface area contributed by atoms with E-state index in [2.05, 4.69) is 4.90 Å². The lowest BCUT2D eigenvalue weighted by Crippen LogP contribution is -2.37. The Kier molecular flexibility index (Phi) is 11.0. The largest absolute Gasteiger partial charge is 0.330 e. The van der Waals surface area contributed by atoms with Gasteiger partial charge in [0, 0.05) is 6.54 Å². The van der Waals surface area contributed by atoms with Crippen molar-refractivity contribution in [2.24, 2.45) is 11.7 Å². The van der Waals surface area contributed by atoms with Crippen LogP contribution in [0, 0.1) is 5.92 Å². The van der Waals surface area contributed by atoms with E-state index in [9.17, 15) is 4.39 Å². The Morgan fingerprint density at radius 1 is 1.23 bits per heavy atom. The Bertz CT molecular complexity index is 108. The third-order valence-corrected chi connectivity index (χ3v) is 2.44. The van der Waals surface area contributed by atoms with Gasteiger partial charge in [0.15, 0.2) is 0 Å². The van der Waals surface area contributed by atoms with Crippen molar-refractivity contribution in [1.29, 1.82) is 0 Å². The number of rotatable bonds is 3. The second kappa shape index (κ2) is 9.00. The summed E-state index contributed by atoms with van der Waals surface area (Å²) in [7, 11) is 0. The molecule has 5 heteroatoms. The van der Waals surface area contributed by atoms with Crippen LogP contribution in [0.2, 0.25) is 0 Å². The lowest BCUT2D eigenvalue weighted by Gasteiger charge is -2.30. The van der Waals surface area contributed by atoms with Gasteiger partial charge in [-0.1, -0.05) is 0 Å². The van der Waals surface area contributed by atoms with Crippen molar-refractivity contribution < 1.29 is 4.39 Å². The van der Waals surface area contributed by atoms with E-state index in [1.165, 1.54) is 0 Å². The molecule has 1 rings (SSSR count).